The second kappa shape index (κ2) is 8.56. The highest BCUT2D eigenvalue weighted by Crippen LogP contribution is 2.22. The van der Waals surface area contributed by atoms with E-state index in [0.717, 1.165) is 51.4 Å². The third-order valence-corrected chi connectivity index (χ3v) is 5.32. The van der Waals surface area contributed by atoms with Gasteiger partial charge < -0.3 is 19.9 Å². The molecule has 2 aliphatic rings. The van der Waals surface area contributed by atoms with E-state index in [1.54, 1.807) is 18.3 Å². The van der Waals surface area contributed by atoms with Crippen molar-refractivity contribution in [2.45, 2.75) is 18.9 Å². The van der Waals surface area contributed by atoms with Crippen LogP contribution in [0, 0.1) is 5.82 Å². The number of aromatic nitrogens is 1. The highest BCUT2D eigenvalue weighted by molar-refractivity contribution is 5.94. The van der Waals surface area contributed by atoms with Crippen molar-refractivity contribution in [1.29, 1.82) is 0 Å². The van der Waals surface area contributed by atoms with Gasteiger partial charge in [-0.25, -0.2) is 9.37 Å². The van der Waals surface area contributed by atoms with E-state index in [1.807, 2.05) is 18.2 Å². The molecule has 1 unspecified atom stereocenters. The first-order valence-corrected chi connectivity index (χ1v) is 9.81. The molecule has 6 nitrogen and oxygen atoms in total. The summed E-state index contributed by atoms with van der Waals surface area (Å²) in [5.41, 5.74) is 1.19. The Balaban J connectivity index is 1.31. The van der Waals surface area contributed by atoms with Crippen molar-refractivity contribution in [3.63, 3.8) is 0 Å². The van der Waals surface area contributed by atoms with Gasteiger partial charge in [0.05, 0.1) is 17.4 Å². The fourth-order valence-corrected chi connectivity index (χ4v) is 3.71. The Morgan fingerprint density at radius 1 is 1.14 bits per heavy atom. The van der Waals surface area contributed by atoms with Gasteiger partial charge in [-0.15, -0.1) is 0 Å². The first kappa shape index (κ1) is 18.7. The standard InChI is InChI=1S/C21H25FN4O2/c22-18-5-1-2-6-19(18)25-9-11-26(12-10-25)20-8-7-16(14-23-20)21(27)24-15-17-4-3-13-28-17/h1-2,5-8,14,17H,3-4,9-13,15H2,(H,24,27). The number of carbonyl (C=O) groups is 1. The van der Waals surface area contributed by atoms with Crippen LogP contribution in [0.25, 0.3) is 0 Å². The van der Waals surface area contributed by atoms with Crippen LogP contribution >= 0.6 is 0 Å². The van der Waals surface area contributed by atoms with Crippen LogP contribution in [0.5, 0.6) is 0 Å². The molecule has 28 heavy (non-hydrogen) atoms. The smallest absolute Gasteiger partial charge is 0.252 e. The maximum Gasteiger partial charge on any atom is 0.252 e. The molecule has 1 N–H and O–H groups in total. The second-order valence-corrected chi connectivity index (χ2v) is 7.18. The molecule has 1 aromatic carbocycles. The summed E-state index contributed by atoms with van der Waals surface area (Å²) in [5, 5.41) is 2.91. The molecule has 1 amide bonds. The minimum Gasteiger partial charge on any atom is -0.376 e. The molecule has 1 atom stereocenters. The van der Waals surface area contributed by atoms with Crippen molar-refractivity contribution in [3.8, 4) is 0 Å². The molecule has 0 radical (unpaired) electrons. The summed E-state index contributed by atoms with van der Waals surface area (Å²) in [6, 6.07) is 10.5. The normalized spacial score (nSPS) is 19.7. The van der Waals surface area contributed by atoms with Gasteiger partial charge in [0.1, 0.15) is 11.6 Å². The molecule has 4 rings (SSSR count). The van der Waals surface area contributed by atoms with E-state index in [9.17, 15) is 9.18 Å². The van der Waals surface area contributed by atoms with E-state index in [0.29, 0.717) is 17.8 Å². The quantitative estimate of drug-likeness (QED) is 0.858. The van der Waals surface area contributed by atoms with Crippen molar-refractivity contribution in [2.24, 2.45) is 0 Å². The molecule has 7 heteroatoms. The van der Waals surface area contributed by atoms with Crippen LogP contribution in [-0.2, 0) is 4.74 Å². The predicted octanol–water partition coefficient (Wildman–Crippen LogP) is 2.46. The summed E-state index contributed by atoms with van der Waals surface area (Å²) in [6.45, 7) is 4.29. The first-order valence-electron chi connectivity index (χ1n) is 9.81. The van der Waals surface area contributed by atoms with Crippen molar-refractivity contribution >= 4 is 17.4 Å². The summed E-state index contributed by atoms with van der Waals surface area (Å²) in [4.78, 5) is 20.9. The van der Waals surface area contributed by atoms with Crippen LogP contribution in [0.15, 0.2) is 42.6 Å². The third-order valence-electron chi connectivity index (χ3n) is 5.32. The maximum atomic E-state index is 14.0. The van der Waals surface area contributed by atoms with Crippen LogP contribution in [0.2, 0.25) is 0 Å². The molecule has 148 valence electrons. The van der Waals surface area contributed by atoms with Gasteiger partial charge in [-0.05, 0) is 37.1 Å². The zero-order valence-corrected chi connectivity index (χ0v) is 15.8. The minimum absolute atomic E-state index is 0.126. The van der Waals surface area contributed by atoms with Gasteiger partial charge in [0, 0.05) is 45.5 Å². The van der Waals surface area contributed by atoms with Gasteiger partial charge in [0.15, 0.2) is 0 Å². The number of amides is 1. The number of hydrogen-bond donors (Lipinski definition) is 1. The first-order chi connectivity index (χ1) is 13.7. The Bertz CT molecular complexity index is 800. The van der Waals surface area contributed by atoms with Gasteiger partial charge in [-0.1, -0.05) is 12.1 Å². The summed E-state index contributed by atoms with van der Waals surface area (Å²) in [7, 11) is 0. The molecule has 0 spiro atoms. The fraction of sp³-hybridized carbons (Fsp3) is 0.429. The Morgan fingerprint density at radius 3 is 2.61 bits per heavy atom. The van der Waals surface area contributed by atoms with Gasteiger partial charge >= 0.3 is 0 Å². The summed E-state index contributed by atoms with van der Waals surface area (Å²) < 4.78 is 19.5. The van der Waals surface area contributed by atoms with E-state index < -0.39 is 0 Å². The van der Waals surface area contributed by atoms with Crippen LogP contribution in [-0.4, -0.2) is 56.3 Å². The Kier molecular flexibility index (Phi) is 5.71. The number of hydrogen-bond acceptors (Lipinski definition) is 5. The number of anilines is 2. The zero-order valence-electron chi connectivity index (χ0n) is 15.8. The molecule has 3 heterocycles. The van der Waals surface area contributed by atoms with E-state index in [-0.39, 0.29) is 17.8 Å². The van der Waals surface area contributed by atoms with Crippen LogP contribution in [0.3, 0.4) is 0 Å². The molecule has 2 fully saturated rings. The number of nitrogens with zero attached hydrogens (tertiary/aromatic N) is 3. The van der Waals surface area contributed by atoms with Crippen LogP contribution in [0.4, 0.5) is 15.9 Å². The highest BCUT2D eigenvalue weighted by Gasteiger charge is 2.21. The molecule has 1 aromatic heterocycles. The number of pyridine rings is 1. The lowest BCUT2D eigenvalue weighted by Gasteiger charge is -2.36. The average Bonchev–Trinajstić information content (AvgIpc) is 3.26. The minimum atomic E-state index is -0.188. The number of rotatable bonds is 5. The Hall–Kier alpha value is -2.67. The number of piperazine rings is 1. The van der Waals surface area contributed by atoms with E-state index in [2.05, 4.69) is 20.1 Å². The average molecular weight is 384 g/mol. The molecular formula is C21H25FN4O2. The number of para-hydroxylation sites is 1. The largest absolute Gasteiger partial charge is 0.376 e. The van der Waals surface area contributed by atoms with Gasteiger partial charge in [-0.3, -0.25) is 4.79 Å². The predicted molar refractivity (Wildman–Crippen MR) is 106 cm³/mol. The van der Waals surface area contributed by atoms with Crippen molar-refractivity contribution < 1.29 is 13.9 Å². The number of carbonyl (C=O) groups excluding carboxylic acids is 1. The second-order valence-electron chi connectivity index (χ2n) is 7.18. The fourth-order valence-electron chi connectivity index (χ4n) is 3.71. The number of nitrogens with one attached hydrogen (secondary N) is 1. The van der Waals surface area contributed by atoms with Gasteiger partial charge in [-0.2, -0.15) is 0 Å². The lowest BCUT2D eigenvalue weighted by Crippen LogP contribution is -2.47. The highest BCUT2D eigenvalue weighted by atomic mass is 19.1. The molecule has 0 aliphatic carbocycles. The molecule has 0 bridgehead atoms. The summed E-state index contributed by atoms with van der Waals surface area (Å²) in [5.74, 6) is 0.523. The van der Waals surface area contributed by atoms with Crippen molar-refractivity contribution in [3.05, 3.63) is 54.0 Å². The lowest BCUT2D eigenvalue weighted by atomic mass is 10.2. The topological polar surface area (TPSA) is 57.7 Å². The SMILES string of the molecule is O=C(NCC1CCCO1)c1ccc(N2CCN(c3ccccc3F)CC2)nc1. The van der Waals surface area contributed by atoms with Crippen molar-refractivity contribution in [1.82, 2.24) is 10.3 Å². The summed E-state index contributed by atoms with van der Waals surface area (Å²) >= 11 is 0. The van der Waals surface area contributed by atoms with Crippen LogP contribution in [0.1, 0.15) is 23.2 Å². The van der Waals surface area contributed by atoms with E-state index in [1.165, 1.54) is 6.07 Å². The molecule has 2 aromatic rings. The van der Waals surface area contributed by atoms with Crippen LogP contribution < -0.4 is 15.1 Å². The Labute approximate surface area is 164 Å². The number of benzene rings is 1. The molecule has 0 saturated carbocycles. The summed E-state index contributed by atoms with van der Waals surface area (Å²) in [6.07, 6.45) is 3.79. The third kappa shape index (κ3) is 4.25. The maximum absolute atomic E-state index is 14.0. The lowest BCUT2D eigenvalue weighted by molar-refractivity contribution is 0.0857. The number of ether oxygens (including phenoxy) is 1. The number of halogens is 1. The van der Waals surface area contributed by atoms with Gasteiger partial charge in [0.25, 0.3) is 5.91 Å². The van der Waals surface area contributed by atoms with E-state index in [4.69, 9.17) is 4.74 Å². The van der Waals surface area contributed by atoms with Gasteiger partial charge in [0.2, 0.25) is 0 Å². The molecule has 2 aliphatic heterocycles. The van der Waals surface area contributed by atoms with E-state index >= 15 is 0 Å². The molecule has 2 saturated heterocycles. The van der Waals surface area contributed by atoms with Crippen molar-refractivity contribution in [2.75, 3.05) is 49.1 Å². The Morgan fingerprint density at radius 2 is 1.93 bits per heavy atom. The monoisotopic (exact) mass is 384 g/mol. The molecular weight excluding hydrogens is 359 g/mol. The zero-order chi connectivity index (χ0) is 19.3.